The summed E-state index contributed by atoms with van der Waals surface area (Å²) < 4.78 is 13.6. The molecule has 3 aromatic heterocycles. The van der Waals surface area contributed by atoms with Crippen LogP contribution in [-0.4, -0.2) is 37.7 Å². The number of imidazole rings is 1. The molecule has 29 heavy (non-hydrogen) atoms. The van der Waals surface area contributed by atoms with Crippen LogP contribution in [0.3, 0.4) is 0 Å². The summed E-state index contributed by atoms with van der Waals surface area (Å²) in [5.41, 5.74) is 8.49. The second-order valence-corrected chi connectivity index (χ2v) is 7.99. The van der Waals surface area contributed by atoms with Gasteiger partial charge in [-0.05, 0) is 37.7 Å². The predicted molar refractivity (Wildman–Crippen MR) is 110 cm³/mol. The van der Waals surface area contributed by atoms with Gasteiger partial charge in [0.2, 0.25) is 0 Å². The maximum atomic E-state index is 11.9. The second kappa shape index (κ2) is 7.94. The fourth-order valence-electron chi connectivity index (χ4n) is 3.01. The maximum Gasteiger partial charge on any atom is 0.252 e. The minimum absolute atomic E-state index is 0.366. The fraction of sp³-hybridized carbons (Fsp3) is 0.400. The molecule has 0 radical (unpaired) electrons. The van der Waals surface area contributed by atoms with Crippen LogP contribution in [0.1, 0.15) is 43.0 Å². The summed E-state index contributed by atoms with van der Waals surface area (Å²) in [6.07, 6.45) is 8.31. The number of nitrogens with one attached hydrogen (secondary N) is 1. The van der Waals surface area contributed by atoms with E-state index in [0.717, 1.165) is 25.7 Å². The van der Waals surface area contributed by atoms with Gasteiger partial charge in [0.25, 0.3) is 5.91 Å². The number of alkyl halides is 1. The van der Waals surface area contributed by atoms with Crippen molar-refractivity contribution in [3.8, 4) is 11.4 Å². The number of hydrogen-bond acceptors (Lipinski definition) is 5. The zero-order chi connectivity index (χ0) is 20.5. The first kappa shape index (κ1) is 19.6. The summed E-state index contributed by atoms with van der Waals surface area (Å²) in [6.45, 7) is 1.95. The fourth-order valence-corrected chi connectivity index (χ4v) is 3.15. The molecule has 3 aromatic rings. The number of primary amides is 1. The summed E-state index contributed by atoms with van der Waals surface area (Å²) in [6, 6.07) is 3.92. The molecule has 5 rings (SSSR count). The Morgan fingerprint density at radius 2 is 1.97 bits per heavy atom. The summed E-state index contributed by atoms with van der Waals surface area (Å²) in [5.74, 6) is -0.139. The van der Waals surface area contributed by atoms with Gasteiger partial charge in [0.15, 0.2) is 5.65 Å². The van der Waals surface area contributed by atoms with Gasteiger partial charge in [0, 0.05) is 18.3 Å². The van der Waals surface area contributed by atoms with Crippen molar-refractivity contribution >= 4 is 28.8 Å². The first-order valence-electron chi connectivity index (χ1n) is 9.62. The predicted octanol–water partition coefficient (Wildman–Crippen LogP) is 3.87. The Bertz CT molecular complexity index is 1040. The Balaban J connectivity index is 0.000000294. The smallest absolute Gasteiger partial charge is 0.252 e. The lowest BCUT2D eigenvalue weighted by Crippen LogP contribution is -2.23. The second-order valence-electron chi connectivity index (χ2n) is 7.56. The minimum Gasteiger partial charge on any atom is -0.382 e. The number of carbonyl (C=O) groups is 1. The van der Waals surface area contributed by atoms with E-state index >= 15 is 0 Å². The van der Waals surface area contributed by atoms with Gasteiger partial charge in [-0.2, -0.15) is 5.10 Å². The molecule has 2 unspecified atom stereocenters. The molecule has 1 amide bonds. The van der Waals surface area contributed by atoms with Gasteiger partial charge < -0.3 is 11.1 Å². The number of nitrogens with zero attached hydrogens (tertiary/aromatic N) is 4. The number of amides is 1. The summed E-state index contributed by atoms with van der Waals surface area (Å²) in [5, 5.41) is 8.08. The van der Waals surface area contributed by atoms with Crippen LogP contribution in [0.5, 0.6) is 0 Å². The average Bonchev–Trinajstić information content (AvgIpc) is 3.42. The van der Waals surface area contributed by atoms with Gasteiger partial charge in [-0.1, -0.05) is 18.5 Å². The third-order valence-electron chi connectivity index (χ3n) is 5.21. The highest BCUT2D eigenvalue weighted by Gasteiger charge is 2.25. The zero-order valence-electron chi connectivity index (χ0n) is 16.0. The van der Waals surface area contributed by atoms with Crippen LogP contribution in [0.15, 0.2) is 30.7 Å². The molecule has 0 spiro atoms. The molecule has 0 aromatic carbocycles. The number of pyridine rings is 1. The van der Waals surface area contributed by atoms with Crippen molar-refractivity contribution < 1.29 is 9.18 Å². The third kappa shape index (κ3) is 4.32. The monoisotopic (exact) mass is 416 g/mol. The Hall–Kier alpha value is -2.74. The van der Waals surface area contributed by atoms with E-state index in [0.29, 0.717) is 45.3 Å². The Kier molecular flexibility index (Phi) is 5.36. The standard InChI is InChI=1S/C15H13ClN6O.C5H9F/c16-8-3-14-19-7-13(22(14)20-5-8)12-4-11(21-9-1-2-9)10(6-18-12)15(17)23;1-4-2-3-5(4)6/h3-7,9H,1-2H2,(H2,17,23)(H,18,21);4-5H,2-3H2,1H3. The van der Waals surface area contributed by atoms with Crippen molar-refractivity contribution in [2.45, 2.75) is 44.8 Å². The lowest BCUT2D eigenvalue weighted by atomic mass is 9.85. The number of anilines is 1. The number of hydrogen-bond donors (Lipinski definition) is 2. The molecule has 2 fully saturated rings. The van der Waals surface area contributed by atoms with Crippen LogP contribution in [-0.2, 0) is 0 Å². The third-order valence-corrected chi connectivity index (χ3v) is 5.42. The molecular formula is C20H22ClFN6O. The van der Waals surface area contributed by atoms with Crippen LogP contribution in [0.25, 0.3) is 17.0 Å². The van der Waals surface area contributed by atoms with Gasteiger partial charge >= 0.3 is 0 Å². The van der Waals surface area contributed by atoms with Crippen molar-refractivity contribution in [1.82, 2.24) is 19.6 Å². The number of fused-ring (bicyclic) bond motifs is 1. The van der Waals surface area contributed by atoms with Crippen molar-refractivity contribution in [2.75, 3.05) is 5.32 Å². The van der Waals surface area contributed by atoms with Crippen LogP contribution < -0.4 is 11.1 Å². The van der Waals surface area contributed by atoms with Gasteiger partial charge in [0.1, 0.15) is 11.9 Å². The lowest BCUT2D eigenvalue weighted by molar-refractivity contribution is 0.100. The van der Waals surface area contributed by atoms with Crippen LogP contribution in [0.2, 0.25) is 5.02 Å². The summed E-state index contributed by atoms with van der Waals surface area (Å²) >= 11 is 5.93. The molecule has 2 saturated carbocycles. The van der Waals surface area contributed by atoms with Gasteiger partial charge in [-0.15, -0.1) is 0 Å². The number of halogens is 2. The zero-order valence-corrected chi connectivity index (χ0v) is 16.7. The van der Waals surface area contributed by atoms with Crippen molar-refractivity contribution in [1.29, 1.82) is 0 Å². The number of rotatable bonds is 4. The first-order valence-corrected chi connectivity index (χ1v) is 10.0. The molecule has 2 aliphatic carbocycles. The van der Waals surface area contributed by atoms with Crippen LogP contribution in [0.4, 0.5) is 10.1 Å². The highest BCUT2D eigenvalue weighted by atomic mass is 35.5. The van der Waals surface area contributed by atoms with Gasteiger partial charge in [-0.25, -0.2) is 13.9 Å². The largest absolute Gasteiger partial charge is 0.382 e. The highest BCUT2D eigenvalue weighted by molar-refractivity contribution is 6.30. The molecule has 0 aliphatic heterocycles. The lowest BCUT2D eigenvalue weighted by Gasteiger charge is -2.25. The maximum absolute atomic E-state index is 11.9. The molecule has 2 atom stereocenters. The SMILES string of the molecule is CC1CCC1F.NC(=O)c1cnc(-c2cnc3cc(Cl)cnn23)cc1NC1CC1. The van der Waals surface area contributed by atoms with E-state index < -0.39 is 12.1 Å². The number of carbonyl (C=O) groups excluding carboxylic acids is 1. The Morgan fingerprint density at radius 1 is 1.21 bits per heavy atom. The van der Waals surface area contributed by atoms with Crippen LogP contribution in [0, 0.1) is 5.92 Å². The molecule has 9 heteroatoms. The van der Waals surface area contributed by atoms with Crippen molar-refractivity contribution in [2.24, 2.45) is 11.7 Å². The average molecular weight is 417 g/mol. The number of aromatic nitrogens is 4. The van der Waals surface area contributed by atoms with E-state index in [-0.39, 0.29) is 0 Å². The topological polar surface area (TPSA) is 98.2 Å². The van der Waals surface area contributed by atoms with E-state index in [9.17, 15) is 9.18 Å². The summed E-state index contributed by atoms with van der Waals surface area (Å²) in [7, 11) is 0. The quantitative estimate of drug-likeness (QED) is 0.672. The number of nitrogens with two attached hydrogens (primary N) is 1. The van der Waals surface area contributed by atoms with Crippen molar-refractivity contribution in [3.05, 3.63) is 41.3 Å². The van der Waals surface area contributed by atoms with E-state index in [4.69, 9.17) is 17.3 Å². The first-order chi connectivity index (χ1) is 13.9. The molecular weight excluding hydrogens is 395 g/mol. The van der Waals surface area contributed by atoms with E-state index in [1.54, 1.807) is 29.0 Å². The van der Waals surface area contributed by atoms with Crippen LogP contribution >= 0.6 is 11.6 Å². The van der Waals surface area contributed by atoms with E-state index in [1.165, 1.54) is 6.20 Å². The molecule has 152 valence electrons. The molecule has 7 nitrogen and oxygen atoms in total. The molecule has 0 bridgehead atoms. The van der Waals surface area contributed by atoms with Gasteiger partial charge in [-0.3, -0.25) is 9.78 Å². The minimum atomic E-state index is -0.504. The molecule has 3 N–H and O–H groups in total. The van der Waals surface area contributed by atoms with Gasteiger partial charge in [0.05, 0.1) is 34.4 Å². The van der Waals surface area contributed by atoms with E-state index in [1.807, 2.05) is 6.92 Å². The normalized spacial score (nSPS) is 20.5. The molecule has 0 saturated heterocycles. The molecule has 2 aliphatic rings. The van der Waals surface area contributed by atoms with E-state index in [2.05, 4.69) is 20.4 Å². The summed E-state index contributed by atoms with van der Waals surface area (Å²) in [4.78, 5) is 20.2. The Labute approximate surface area is 172 Å². The van der Waals surface area contributed by atoms with Crippen molar-refractivity contribution in [3.63, 3.8) is 0 Å². The molecule has 3 heterocycles. The highest BCUT2D eigenvalue weighted by Crippen LogP contribution is 2.30. The Morgan fingerprint density at radius 3 is 2.55 bits per heavy atom.